The molecule has 0 spiro atoms. The van der Waals surface area contributed by atoms with Gasteiger partial charge in [-0.3, -0.25) is 14.4 Å². The number of ether oxygens (including phenoxy) is 1. The lowest BCUT2D eigenvalue weighted by Gasteiger charge is -2.37. The molecule has 0 atom stereocenters. The SMILES string of the molecule is COc1ccc(CC(=O)Nc2cc(C(=O)N3CCNCC3)ccc2N2CCN(C(=O)c3ccc(C(C)(C)C)cc3)CC2)cc1. The molecule has 2 aliphatic heterocycles. The van der Waals surface area contributed by atoms with Gasteiger partial charge in [0.15, 0.2) is 0 Å². The predicted molar refractivity (Wildman–Crippen MR) is 174 cm³/mol. The van der Waals surface area contributed by atoms with E-state index >= 15 is 0 Å². The Kier molecular flexibility index (Phi) is 9.54. The number of nitrogens with one attached hydrogen (secondary N) is 2. The van der Waals surface area contributed by atoms with Crippen LogP contribution in [0, 0.1) is 0 Å². The standard InChI is InChI=1S/C35H43N5O4/c1-35(2,3)28-10-7-26(8-11-28)33(42)40-21-19-38(20-22-40)31-14-9-27(34(43)39-17-15-36-16-18-39)24-30(31)37-32(41)23-25-5-12-29(44-4)13-6-25/h5-14,24,36H,15-23H2,1-4H3,(H,37,41). The molecule has 44 heavy (non-hydrogen) atoms. The Morgan fingerprint density at radius 3 is 1.98 bits per heavy atom. The summed E-state index contributed by atoms with van der Waals surface area (Å²) in [6, 6.07) is 20.9. The second kappa shape index (κ2) is 13.5. The Hall–Kier alpha value is -4.37. The van der Waals surface area contributed by atoms with Gasteiger partial charge in [0.2, 0.25) is 5.91 Å². The van der Waals surface area contributed by atoms with Crippen molar-refractivity contribution in [3.05, 3.63) is 89.0 Å². The van der Waals surface area contributed by atoms with Gasteiger partial charge in [0, 0.05) is 63.5 Å². The number of hydrogen-bond donors (Lipinski definition) is 2. The summed E-state index contributed by atoms with van der Waals surface area (Å²) >= 11 is 0. The number of benzene rings is 3. The molecule has 9 nitrogen and oxygen atoms in total. The molecular formula is C35H43N5O4. The van der Waals surface area contributed by atoms with Crippen molar-refractivity contribution in [2.75, 3.05) is 69.7 Å². The largest absolute Gasteiger partial charge is 0.497 e. The summed E-state index contributed by atoms with van der Waals surface area (Å²) in [6.07, 6.45) is 0.190. The summed E-state index contributed by atoms with van der Waals surface area (Å²) in [4.78, 5) is 45.7. The smallest absolute Gasteiger partial charge is 0.254 e. The van der Waals surface area contributed by atoms with Crippen LogP contribution in [-0.4, -0.2) is 87.0 Å². The monoisotopic (exact) mass is 597 g/mol. The average Bonchev–Trinajstić information content (AvgIpc) is 3.04. The van der Waals surface area contributed by atoms with Crippen molar-refractivity contribution in [3.63, 3.8) is 0 Å². The molecule has 0 aliphatic carbocycles. The van der Waals surface area contributed by atoms with Gasteiger partial charge in [-0.25, -0.2) is 0 Å². The first kappa shape index (κ1) is 31.1. The van der Waals surface area contributed by atoms with Crippen molar-refractivity contribution < 1.29 is 19.1 Å². The lowest BCUT2D eigenvalue weighted by molar-refractivity contribution is -0.115. The molecule has 5 rings (SSSR count). The molecule has 3 amide bonds. The van der Waals surface area contributed by atoms with Crippen LogP contribution in [0.5, 0.6) is 5.75 Å². The highest BCUT2D eigenvalue weighted by Gasteiger charge is 2.26. The van der Waals surface area contributed by atoms with Crippen molar-refractivity contribution in [3.8, 4) is 5.75 Å². The van der Waals surface area contributed by atoms with Gasteiger partial charge in [-0.2, -0.15) is 0 Å². The second-order valence-electron chi connectivity index (χ2n) is 12.5. The first-order valence-electron chi connectivity index (χ1n) is 15.3. The van der Waals surface area contributed by atoms with E-state index in [2.05, 4.69) is 36.3 Å². The van der Waals surface area contributed by atoms with E-state index in [0.29, 0.717) is 56.1 Å². The maximum absolute atomic E-state index is 13.3. The summed E-state index contributed by atoms with van der Waals surface area (Å²) in [7, 11) is 1.61. The molecule has 2 N–H and O–H groups in total. The molecule has 3 aromatic carbocycles. The maximum atomic E-state index is 13.3. The number of carbonyl (C=O) groups excluding carboxylic acids is 3. The number of amides is 3. The average molecular weight is 598 g/mol. The zero-order valence-electron chi connectivity index (χ0n) is 26.2. The highest BCUT2D eigenvalue weighted by Crippen LogP contribution is 2.30. The number of nitrogens with zero attached hydrogens (tertiary/aromatic N) is 3. The van der Waals surface area contributed by atoms with Crippen LogP contribution in [0.25, 0.3) is 0 Å². The van der Waals surface area contributed by atoms with Crippen molar-refractivity contribution in [1.29, 1.82) is 0 Å². The van der Waals surface area contributed by atoms with Gasteiger partial charge in [-0.05, 0) is 59.0 Å². The van der Waals surface area contributed by atoms with Gasteiger partial charge in [0.25, 0.3) is 11.8 Å². The normalized spacial score (nSPS) is 15.6. The summed E-state index contributed by atoms with van der Waals surface area (Å²) in [5.41, 5.74) is 4.75. The Morgan fingerprint density at radius 2 is 1.36 bits per heavy atom. The van der Waals surface area contributed by atoms with Crippen LogP contribution in [0.3, 0.4) is 0 Å². The number of methoxy groups -OCH3 is 1. The van der Waals surface area contributed by atoms with E-state index in [1.807, 2.05) is 70.5 Å². The first-order chi connectivity index (χ1) is 21.1. The van der Waals surface area contributed by atoms with Crippen LogP contribution in [0.15, 0.2) is 66.7 Å². The van der Waals surface area contributed by atoms with Gasteiger partial charge in [0.05, 0.1) is 24.9 Å². The van der Waals surface area contributed by atoms with Crippen LogP contribution < -0.4 is 20.3 Å². The Balaban J connectivity index is 1.31. The van der Waals surface area contributed by atoms with Gasteiger partial charge < -0.3 is 30.1 Å². The third-order valence-corrected chi connectivity index (χ3v) is 8.35. The van der Waals surface area contributed by atoms with E-state index < -0.39 is 0 Å². The highest BCUT2D eigenvalue weighted by molar-refractivity contribution is 6.00. The molecule has 0 bridgehead atoms. The molecule has 9 heteroatoms. The number of hydrogen-bond acceptors (Lipinski definition) is 6. The van der Waals surface area contributed by atoms with Crippen molar-refractivity contribution >= 4 is 29.1 Å². The van der Waals surface area contributed by atoms with E-state index in [-0.39, 0.29) is 29.6 Å². The maximum Gasteiger partial charge on any atom is 0.254 e. The van der Waals surface area contributed by atoms with E-state index in [1.54, 1.807) is 13.2 Å². The Bertz CT molecular complexity index is 1470. The molecule has 2 heterocycles. The summed E-state index contributed by atoms with van der Waals surface area (Å²) in [5.74, 6) is 0.539. The lowest BCUT2D eigenvalue weighted by atomic mass is 9.86. The molecule has 0 saturated carbocycles. The minimum absolute atomic E-state index is 0.0232. The van der Waals surface area contributed by atoms with Crippen LogP contribution >= 0.6 is 0 Å². The molecule has 2 saturated heterocycles. The fourth-order valence-corrected chi connectivity index (χ4v) is 5.66. The topological polar surface area (TPSA) is 94.2 Å². The molecule has 2 aliphatic rings. The molecule has 2 fully saturated rings. The number of piperazine rings is 2. The minimum Gasteiger partial charge on any atom is -0.497 e. The van der Waals surface area contributed by atoms with Crippen LogP contribution in [0.1, 0.15) is 52.6 Å². The number of anilines is 2. The summed E-state index contributed by atoms with van der Waals surface area (Å²) < 4.78 is 5.23. The Morgan fingerprint density at radius 1 is 0.773 bits per heavy atom. The number of rotatable bonds is 7. The third kappa shape index (κ3) is 7.39. The van der Waals surface area contributed by atoms with Crippen LogP contribution in [0.2, 0.25) is 0 Å². The highest BCUT2D eigenvalue weighted by atomic mass is 16.5. The Labute approximate surface area is 260 Å². The summed E-state index contributed by atoms with van der Waals surface area (Å²) in [6.45, 7) is 11.6. The second-order valence-corrected chi connectivity index (χ2v) is 12.5. The van der Waals surface area contributed by atoms with Gasteiger partial charge in [0.1, 0.15) is 5.75 Å². The lowest BCUT2D eigenvalue weighted by Crippen LogP contribution is -2.49. The first-order valence-corrected chi connectivity index (χ1v) is 15.3. The summed E-state index contributed by atoms with van der Waals surface area (Å²) in [5, 5.41) is 6.36. The van der Waals surface area contributed by atoms with E-state index in [9.17, 15) is 14.4 Å². The van der Waals surface area contributed by atoms with Gasteiger partial charge >= 0.3 is 0 Å². The van der Waals surface area contributed by atoms with Crippen molar-refractivity contribution in [1.82, 2.24) is 15.1 Å². The zero-order chi connectivity index (χ0) is 31.3. The minimum atomic E-state index is -0.171. The van der Waals surface area contributed by atoms with Crippen molar-refractivity contribution in [2.24, 2.45) is 0 Å². The fourth-order valence-electron chi connectivity index (χ4n) is 5.66. The van der Waals surface area contributed by atoms with E-state index in [1.165, 1.54) is 5.56 Å². The molecular weight excluding hydrogens is 554 g/mol. The van der Waals surface area contributed by atoms with E-state index in [4.69, 9.17) is 4.74 Å². The number of carbonyl (C=O) groups is 3. The third-order valence-electron chi connectivity index (χ3n) is 8.35. The predicted octanol–water partition coefficient (Wildman–Crippen LogP) is 4.18. The van der Waals surface area contributed by atoms with Gasteiger partial charge in [-0.1, -0.05) is 45.0 Å². The quantitative estimate of drug-likeness (QED) is 0.425. The molecule has 0 aromatic heterocycles. The molecule has 3 aromatic rings. The molecule has 0 unspecified atom stereocenters. The van der Waals surface area contributed by atoms with Crippen molar-refractivity contribution in [2.45, 2.75) is 32.6 Å². The molecule has 0 radical (unpaired) electrons. The van der Waals surface area contributed by atoms with Crippen LogP contribution in [0.4, 0.5) is 11.4 Å². The van der Waals surface area contributed by atoms with E-state index in [0.717, 1.165) is 30.1 Å². The van der Waals surface area contributed by atoms with Gasteiger partial charge in [-0.15, -0.1) is 0 Å². The van der Waals surface area contributed by atoms with Crippen LogP contribution in [-0.2, 0) is 16.6 Å². The zero-order valence-corrected chi connectivity index (χ0v) is 26.2. The molecule has 232 valence electrons. The fraction of sp³-hybridized carbons (Fsp3) is 0.400.